The Morgan fingerprint density at radius 2 is 1.73 bits per heavy atom. The second-order valence-electron chi connectivity index (χ2n) is 5.54. The summed E-state index contributed by atoms with van der Waals surface area (Å²) in [6.45, 7) is 1.17. The fourth-order valence-corrected chi connectivity index (χ4v) is 2.13. The molecule has 0 aromatic heterocycles. The molecular formula is C18H20N2O2. The Labute approximate surface area is 130 Å². The Morgan fingerprint density at radius 3 is 2.41 bits per heavy atom. The van der Waals surface area contributed by atoms with E-state index in [-0.39, 0.29) is 11.8 Å². The molecule has 2 aromatic carbocycles. The van der Waals surface area contributed by atoms with E-state index in [1.807, 2.05) is 54.6 Å². The summed E-state index contributed by atoms with van der Waals surface area (Å²) in [5, 5.41) is 0. The summed E-state index contributed by atoms with van der Waals surface area (Å²) in [4.78, 5) is 11.5. The van der Waals surface area contributed by atoms with Gasteiger partial charge in [0.15, 0.2) is 0 Å². The van der Waals surface area contributed by atoms with Gasteiger partial charge >= 0.3 is 0 Å². The van der Waals surface area contributed by atoms with Gasteiger partial charge in [0.05, 0.1) is 0 Å². The van der Waals surface area contributed by atoms with Crippen LogP contribution >= 0.6 is 0 Å². The lowest BCUT2D eigenvalue weighted by Gasteiger charge is -2.09. The molecular weight excluding hydrogens is 276 g/mol. The summed E-state index contributed by atoms with van der Waals surface area (Å²) in [6.07, 6.45) is 2.03. The number of hydrogen-bond donors (Lipinski definition) is 2. The van der Waals surface area contributed by atoms with E-state index < -0.39 is 0 Å². The molecule has 1 amide bonds. The Kier molecular flexibility index (Phi) is 4.71. The van der Waals surface area contributed by atoms with Gasteiger partial charge in [-0.15, -0.1) is 0 Å². The fraction of sp³-hybridized carbons (Fsp3) is 0.278. The number of benzene rings is 2. The molecule has 1 aliphatic rings. The predicted molar refractivity (Wildman–Crippen MR) is 84.9 cm³/mol. The smallest absolute Gasteiger partial charge is 0.237 e. The van der Waals surface area contributed by atoms with Crippen LogP contribution in [0.25, 0.3) is 0 Å². The van der Waals surface area contributed by atoms with Crippen molar-refractivity contribution in [1.29, 1.82) is 0 Å². The molecule has 1 fully saturated rings. The van der Waals surface area contributed by atoms with Gasteiger partial charge in [0.2, 0.25) is 5.91 Å². The van der Waals surface area contributed by atoms with Gasteiger partial charge in [-0.3, -0.25) is 10.2 Å². The highest BCUT2D eigenvalue weighted by molar-refractivity contribution is 5.80. The van der Waals surface area contributed by atoms with E-state index in [4.69, 9.17) is 4.74 Å². The van der Waals surface area contributed by atoms with Crippen LogP contribution in [0.15, 0.2) is 54.6 Å². The van der Waals surface area contributed by atoms with Gasteiger partial charge in [-0.1, -0.05) is 42.5 Å². The molecule has 4 heteroatoms. The van der Waals surface area contributed by atoms with Crippen LogP contribution in [0, 0.1) is 5.92 Å². The van der Waals surface area contributed by atoms with Gasteiger partial charge in [-0.25, -0.2) is 5.43 Å². The highest BCUT2D eigenvalue weighted by Gasteiger charge is 2.29. The first kappa shape index (κ1) is 14.6. The van der Waals surface area contributed by atoms with Gasteiger partial charge in [0, 0.05) is 12.5 Å². The largest absolute Gasteiger partial charge is 0.489 e. The highest BCUT2D eigenvalue weighted by Crippen LogP contribution is 2.28. The molecule has 0 bridgehead atoms. The molecule has 2 aromatic rings. The van der Waals surface area contributed by atoms with Crippen LogP contribution in [0.5, 0.6) is 5.75 Å². The Bertz CT molecular complexity index is 607. The summed E-state index contributed by atoms with van der Waals surface area (Å²) in [5.74, 6) is 1.17. The standard InChI is InChI=1S/C18H20N2O2/c21-18(16-8-9-16)20-19-12-14-6-10-17(11-7-14)22-13-15-4-2-1-3-5-15/h1-7,10-11,16,19H,8-9,12-13H2,(H,20,21). The predicted octanol–water partition coefficient (Wildman–Crippen LogP) is 2.80. The number of carbonyl (C=O) groups is 1. The van der Waals surface area contributed by atoms with E-state index in [2.05, 4.69) is 10.9 Å². The first-order valence-electron chi connectivity index (χ1n) is 7.59. The monoisotopic (exact) mass is 296 g/mol. The fourth-order valence-electron chi connectivity index (χ4n) is 2.13. The summed E-state index contributed by atoms with van der Waals surface area (Å²) in [7, 11) is 0. The normalized spacial score (nSPS) is 13.6. The van der Waals surface area contributed by atoms with Gasteiger partial charge in [0.25, 0.3) is 0 Å². The molecule has 1 aliphatic carbocycles. The Hall–Kier alpha value is -2.33. The van der Waals surface area contributed by atoms with E-state index in [1.54, 1.807) is 0 Å². The third-order valence-electron chi connectivity index (χ3n) is 3.62. The first-order chi connectivity index (χ1) is 10.8. The van der Waals surface area contributed by atoms with Crippen LogP contribution in [0.1, 0.15) is 24.0 Å². The summed E-state index contributed by atoms with van der Waals surface area (Å²) in [5.41, 5.74) is 7.94. The van der Waals surface area contributed by atoms with Crippen molar-refractivity contribution in [3.63, 3.8) is 0 Å². The topological polar surface area (TPSA) is 50.4 Å². The van der Waals surface area contributed by atoms with Crippen molar-refractivity contribution in [2.45, 2.75) is 26.0 Å². The zero-order valence-electron chi connectivity index (χ0n) is 12.4. The van der Waals surface area contributed by atoms with Gasteiger partial charge in [0.1, 0.15) is 12.4 Å². The molecule has 0 saturated heterocycles. The van der Waals surface area contributed by atoms with Crippen molar-refractivity contribution in [3.8, 4) is 5.75 Å². The van der Waals surface area contributed by atoms with E-state index in [0.717, 1.165) is 29.7 Å². The van der Waals surface area contributed by atoms with Crippen LogP contribution in [0.4, 0.5) is 0 Å². The minimum absolute atomic E-state index is 0.0998. The maximum atomic E-state index is 11.5. The summed E-state index contributed by atoms with van der Waals surface area (Å²) >= 11 is 0. The molecule has 0 radical (unpaired) electrons. The Morgan fingerprint density at radius 1 is 1.00 bits per heavy atom. The number of nitrogens with one attached hydrogen (secondary N) is 2. The van der Waals surface area contributed by atoms with Gasteiger partial charge in [-0.05, 0) is 36.1 Å². The number of amides is 1. The third kappa shape index (κ3) is 4.33. The lowest BCUT2D eigenvalue weighted by molar-refractivity contribution is -0.123. The maximum absolute atomic E-state index is 11.5. The Balaban J connectivity index is 1.42. The van der Waals surface area contributed by atoms with Gasteiger partial charge in [-0.2, -0.15) is 0 Å². The summed E-state index contributed by atoms with van der Waals surface area (Å²) in [6, 6.07) is 18.0. The van der Waals surface area contributed by atoms with Crippen molar-refractivity contribution in [2.24, 2.45) is 5.92 Å². The van der Waals surface area contributed by atoms with Crippen molar-refractivity contribution < 1.29 is 9.53 Å². The third-order valence-corrected chi connectivity index (χ3v) is 3.62. The van der Waals surface area contributed by atoms with E-state index in [0.29, 0.717) is 13.2 Å². The number of hydrogen-bond acceptors (Lipinski definition) is 3. The zero-order valence-corrected chi connectivity index (χ0v) is 12.4. The lowest BCUT2D eigenvalue weighted by atomic mass is 10.2. The zero-order chi connectivity index (χ0) is 15.2. The van der Waals surface area contributed by atoms with E-state index in [9.17, 15) is 4.79 Å². The van der Waals surface area contributed by atoms with Gasteiger partial charge < -0.3 is 4.74 Å². The molecule has 4 nitrogen and oxygen atoms in total. The van der Waals surface area contributed by atoms with Crippen LogP contribution in [0.3, 0.4) is 0 Å². The maximum Gasteiger partial charge on any atom is 0.237 e. The molecule has 0 atom stereocenters. The number of hydrazine groups is 1. The first-order valence-corrected chi connectivity index (χ1v) is 7.59. The highest BCUT2D eigenvalue weighted by atomic mass is 16.5. The average Bonchev–Trinajstić information content (AvgIpc) is 3.40. The lowest BCUT2D eigenvalue weighted by Crippen LogP contribution is -2.37. The van der Waals surface area contributed by atoms with Crippen LogP contribution in [0.2, 0.25) is 0 Å². The average molecular weight is 296 g/mol. The van der Waals surface area contributed by atoms with Crippen molar-refractivity contribution >= 4 is 5.91 Å². The van der Waals surface area contributed by atoms with Crippen LogP contribution < -0.4 is 15.6 Å². The molecule has 22 heavy (non-hydrogen) atoms. The van der Waals surface area contributed by atoms with E-state index >= 15 is 0 Å². The SMILES string of the molecule is O=C(NNCc1ccc(OCc2ccccc2)cc1)C1CC1. The molecule has 0 spiro atoms. The van der Waals surface area contributed by atoms with Crippen molar-refractivity contribution in [2.75, 3.05) is 0 Å². The minimum atomic E-state index is 0.0998. The minimum Gasteiger partial charge on any atom is -0.489 e. The number of ether oxygens (including phenoxy) is 1. The van der Waals surface area contributed by atoms with Crippen molar-refractivity contribution in [3.05, 3.63) is 65.7 Å². The molecule has 0 heterocycles. The second-order valence-corrected chi connectivity index (χ2v) is 5.54. The molecule has 0 aliphatic heterocycles. The van der Waals surface area contributed by atoms with Crippen molar-refractivity contribution in [1.82, 2.24) is 10.9 Å². The molecule has 1 saturated carbocycles. The van der Waals surface area contributed by atoms with Crippen LogP contribution in [-0.4, -0.2) is 5.91 Å². The molecule has 0 unspecified atom stereocenters. The summed E-state index contributed by atoms with van der Waals surface area (Å²) < 4.78 is 5.74. The number of carbonyl (C=O) groups excluding carboxylic acids is 1. The van der Waals surface area contributed by atoms with Crippen LogP contribution in [-0.2, 0) is 17.9 Å². The van der Waals surface area contributed by atoms with E-state index in [1.165, 1.54) is 0 Å². The quantitative estimate of drug-likeness (QED) is 0.773. The molecule has 3 rings (SSSR count). The molecule has 2 N–H and O–H groups in total. The number of rotatable bonds is 7. The molecule has 114 valence electrons. The second kappa shape index (κ2) is 7.09.